The number of carbonyl (C=O) groups is 2. The number of halogens is 2. The molecule has 0 saturated carbocycles. The predicted molar refractivity (Wildman–Crippen MR) is 81.1 cm³/mol. The van der Waals surface area contributed by atoms with Gasteiger partial charge < -0.3 is 15.2 Å². The lowest BCUT2D eigenvalue weighted by Crippen LogP contribution is -2.25. The molecule has 0 aliphatic carbocycles. The molecule has 116 valence electrons. The van der Waals surface area contributed by atoms with Gasteiger partial charge in [-0.15, -0.1) is 0 Å². The van der Waals surface area contributed by atoms with Crippen molar-refractivity contribution >= 4 is 35.1 Å². The Morgan fingerprint density at radius 3 is 2.67 bits per heavy atom. The zero-order valence-electron chi connectivity index (χ0n) is 11.4. The van der Waals surface area contributed by atoms with Crippen LogP contribution in [0.25, 0.3) is 0 Å². The molecule has 1 rings (SSSR count). The summed E-state index contributed by atoms with van der Waals surface area (Å²) in [7, 11) is 0. The SMILES string of the molecule is O=C(O)CCCNC(=O)CCCOc1cccc(Cl)c1Cl. The van der Waals surface area contributed by atoms with Crippen molar-refractivity contribution in [2.75, 3.05) is 13.2 Å². The third kappa shape index (κ3) is 7.20. The summed E-state index contributed by atoms with van der Waals surface area (Å²) in [6, 6.07) is 5.11. The lowest BCUT2D eigenvalue weighted by molar-refractivity contribution is -0.137. The second kappa shape index (κ2) is 9.47. The Morgan fingerprint density at radius 2 is 1.95 bits per heavy atom. The molecule has 0 atom stereocenters. The first-order valence-electron chi connectivity index (χ1n) is 6.56. The number of rotatable bonds is 9. The number of aliphatic carboxylic acids is 1. The van der Waals surface area contributed by atoms with Crippen molar-refractivity contribution in [2.45, 2.75) is 25.7 Å². The number of carboxylic acids is 1. The predicted octanol–water partition coefficient (Wildman–Crippen LogP) is 3.13. The van der Waals surface area contributed by atoms with Gasteiger partial charge in [0.15, 0.2) is 0 Å². The third-order valence-electron chi connectivity index (χ3n) is 2.61. The van der Waals surface area contributed by atoms with Crippen LogP contribution in [-0.4, -0.2) is 30.1 Å². The molecular weight excluding hydrogens is 317 g/mol. The minimum atomic E-state index is -0.865. The fourth-order valence-electron chi connectivity index (χ4n) is 1.57. The summed E-state index contributed by atoms with van der Waals surface area (Å²) in [6.45, 7) is 0.717. The highest BCUT2D eigenvalue weighted by atomic mass is 35.5. The van der Waals surface area contributed by atoms with E-state index in [9.17, 15) is 9.59 Å². The van der Waals surface area contributed by atoms with Gasteiger partial charge in [-0.2, -0.15) is 0 Å². The largest absolute Gasteiger partial charge is 0.492 e. The van der Waals surface area contributed by atoms with Crippen molar-refractivity contribution in [3.05, 3.63) is 28.2 Å². The monoisotopic (exact) mass is 333 g/mol. The number of hydrogen-bond donors (Lipinski definition) is 2. The Labute approximate surface area is 133 Å². The molecule has 0 unspecified atom stereocenters. The van der Waals surface area contributed by atoms with Gasteiger partial charge in [0, 0.05) is 19.4 Å². The van der Waals surface area contributed by atoms with E-state index in [1.165, 1.54) is 0 Å². The van der Waals surface area contributed by atoms with Crippen LogP contribution in [-0.2, 0) is 9.59 Å². The number of hydrogen-bond acceptors (Lipinski definition) is 3. The van der Waals surface area contributed by atoms with Crippen LogP contribution < -0.4 is 10.1 Å². The van der Waals surface area contributed by atoms with Crippen LogP contribution in [0, 0.1) is 0 Å². The second-order valence-corrected chi connectivity index (χ2v) is 5.14. The normalized spacial score (nSPS) is 10.2. The van der Waals surface area contributed by atoms with Gasteiger partial charge in [0.1, 0.15) is 10.8 Å². The van der Waals surface area contributed by atoms with E-state index in [2.05, 4.69) is 5.32 Å². The van der Waals surface area contributed by atoms with Crippen LogP contribution in [0.5, 0.6) is 5.75 Å². The summed E-state index contributed by atoms with van der Waals surface area (Å²) >= 11 is 11.8. The zero-order valence-corrected chi connectivity index (χ0v) is 12.9. The smallest absolute Gasteiger partial charge is 0.303 e. The molecular formula is C14H17Cl2NO4. The molecule has 0 spiro atoms. The molecule has 5 nitrogen and oxygen atoms in total. The van der Waals surface area contributed by atoms with Gasteiger partial charge in [0.05, 0.1) is 11.6 Å². The molecule has 0 bridgehead atoms. The zero-order chi connectivity index (χ0) is 15.7. The molecule has 0 radical (unpaired) electrons. The van der Waals surface area contributed by atoms with Gasteiger partial charge in [-0.3, -0.25) is 9.59 Å². The third-order valence-corrected chi connectivity index (χ3v) is 3.41. The molecule has 0 heterocycles. The van der Waals surface area contributed by atoms with Crippen LogP contribution in [0.4, 0.5) is 0 Å². The van der Waals surface area contributed by atoms with E-state index < -0.39 is 5.97 Å². The van der Waals surface area contributed by atoms with Gasteiger partial charge in [-0.05, 0) is 25.0 Å². The lowest BCUT2D eigenvalue weighted by Gasteiger charge is -2.09. The van der Waals surface area contributed by atoms with E-state index in [4.69, 9.17) is 33.0 Å². The van der Waals surface area contributed by atoms with Gasteiger partial charge in [0.2, 0.25) is 5.91 Å². The molecule has 0 aliphatic heterocycles. The fraction of sp³-hybridized carbons (Fsp3) is 0.429. The molecule has 0 aromatic heterocycles. The van der Waals surface area contributed by atoms with Crippen molar-refractivity contribution in [2.24, 2.45) is 0 Å². The number of carbonyl (C=O) groups excluding carboxylic acids is 1. The topological polar surface area (TPSA) is 75.6 Å². The Morgan fingerprint density at radius 1 is 1.19 bits per heavy atom. The quantitative estimate of drug-likeness (QED) is 0.680. The minimum Gasteiger partial charge on any atom is -0.492 e. The maximum Gasteiger partial charge on any atom is 0.303 e. The molecule has 2 N–H and O–H groups in total. The summed E-state index contributed by atoms with van der Waals surface area (Å²) < 4.78 is 5.45. The number of benzene rings is 1. The lowest BCUT2D eigenvalue weighted by atomic mass is 10.3. The molecule has 1 aromatic rings. The van der Waals surface area contributed by atoms with Crippen LogP contribution in [0.15, 0.2) is 18.2 Å². The Balaban J connectivity index is 2.15. The molecule has 7 heteroatoms. The molecule has 0 fully saturated rings. The van der Waals surface area contributed by atoms with Crippen molar-refractivity contribution in [1.82, 2.24) is 5.32 Å². The minimum absolute atomic E-state index is 0.0522. The maximum atomic E-state index is 11.5. The first-order valence-corrected chi connectivity index (χ1v) is 7.31. The van der Waals surface area contributed by atoms with E-state index in [-0.39, 0.29) is 12.3 Å². The molecule has 21 heavy (non-hydrogen) atoms. The van der Waals surface area contributed by atoms with Gasteiger partial charge >= 0.3 is 5.97 Å². The first-order chi connectivity index (χ1) is 10.0. The van der Waals surface area contributed by atoms with Crippen molar-refractivity contribution in [1.29, 1.82) is 0 Å². The highest BCUT2D eigenvalue weighted by molar-refractivity contribution is 6.42. The van der Waals surface area contributed by atoms with E-state index >= 15 is 0 Å². The van der Waals surface area contributed by atoms with E-state index in [0.717, 1.165) is 0 Å². The highest BCUT2D eigenvalue weighted by Crippen LogP contribution is 2.31. The van der Waals surface area contributed by atoms with Gasteiger partial charge in [0.25, 0.3) is 0 Å². The standard InChI is InChI=1S/C14H17Cl2NO4/c15-10-4-1-5-11(14(10)16)21-9-3-6-12(18)17-8-2-7-13(19)20/h1,4-5H,2-3,6-9H2,(H,17,18)(H,19,20). The molecule has 0 saturated heterocycles. The molecule has 1 aromatic carbocycles. The summed E-state index contributed by atoms with van der Waals surface area (Å²) in [5.41, 5.74) is 0. The Hall–Kier alpha value is -1.46. The Bertz CT molecular complexity index is 494. The van der Waals surface area contributed by atoms with Crippen molar-refractivity contribution < 1.29 is 19.4 Å². The van der Waals surface area contributed by atoms with Crippen LogP contribution in [0.3, 0.4) is 0 Å². The number of nitrogens with one attached hydrogen (secondary N) is 1. The average Bonchev–Trinajstić information content (AvgIpc) is 2.44. The maximum absolute atomic E-state index is 11.5. The van der Waals surface area contributed by atoms with E-state index in [1.54, 1.807) is 18.2 Å². The van der Waals surface area contributed by atoms with Crippen LogP contribution in [0.1, 0.15) is 25.7 Å². The highest BCUT2D eigenvalue weighted by Gasteiger charge is 2.06. The van der Waals surface area contributed by atoms with E-state index in [1.807, 2.05) is 0 Å². The van der Waals surface area contributed by atoms with Crippen LogP contribution in [0.2, 0.25) is 10.0 Å². The van der Waals surface area contributed by atoms with Gasteiger partial charge in [-0.25, -0.2) is 0 Å². The summed E-state index contributed by atoms with van der Waals surface area (Å²) in [4.78, 5) is 21.8. The average molecular weight is 334 g/mol. The van der Waals surface area contributed by atoms with Crippen LogP contribution >= 0.6 is 23.2 Å². The number of amides is 1. The number of carboxylic acid groups (broad SMARTS) is 1. The van der Waals surface area contributed by atoms with E-state index in [0.29, 0.717) is 48.2 Å². The molecule has 0 aliphatic rings. The summed E-state index contributed by atoms with van der Waals surface area (Å²) in [5.74, 6) is -0.497. The first kappa shape index (κ1) is 17.6. The fourth-order valence-corrected chi connectivity index (χ4v) is 1.91. The molecule has 1 amide bonds. The van der Waals surface area contributed by atoms with Crippen molar-refractivity contribution in [3.63, 3.8) is 0 Å². The second-order valence-electron chi connectivity index (χ2n) is 4.35. The number of ether oxygens (including phenoxy) is 1. The Kier molecular flexibility index (Phi) is 7.93. The van der Waals surface area contributed by atoms with Gasteiger partial charge in [-0.1, -0.05) is 29.3 Å². The van der Waals surface area contributed by atoms with Crippen molar-refractivity contribution in [3.8, 4) is 5.75 Å². The summed E-state index contributed by atoms with van der Waals surface area (Å²) in [6.07, 6.45) is 1.32. The summed E-state index contributed by atoms with van der Waals surface area (Å²) in [5, 5.41) is 11.9.